The second kappa shape index (κ2) is 9.13. The molecule has 5 nitrogen and oxygen atoms in total. The minimum atomic E-state index is -0.0953. The summed E-state index contributed by atoms with van der Waals surface area (Å²) < 4.78 is 0. The molecule has 0 bridgehead atoms. The molecule has 0 aliphatic heterocycles. The van der Waals surface area contributed by atoms with Crippen LogP contribution in [0.4, 0.5) is 0 Å². The number of H-pyrrole nitrogens is 1. The molecule has 0 radical (unpaired) electrons. The number of aromatic nitrogens is 3. The number of pyridine rings is 1. The van der Waals surface area contributed by atoms with Crippen molar-refractivity contribution in [2.45, 2.75) is 40.0 Å². The molecule has 31 heavy (non-hydrogen) atoms. The van der Waals surface area contributed by atoms with E-state index in [4.69, 9.17) is 4.98 Å². The Morgan fingerprint density at radius 1 is 1.00 bits per heavy atom. The molecule has 0 atom stereocenters. The molecular weight excluding hydrogens is 384 g/mol. The Hall–Kier alpha value is -3.47. The highest BCUT2D eigenvalue weighted by Crippen LogP contribution is 2.31. The zero-order valence-corrected chi connectivity index (χ0v) is 18.3. The van der Waals surface area contributed by atoms with Gasteiger partial charge < -0.3 is 5.32 Å². The number of nitrogens with one attached hydrogen (secondary N) is 2. The Balaban J connectivity index is 1.85. The highest BCUT2D eigenvalue weighted by Gasteiger charge is 2.20. The van der Waals surface area contributed by atoms with E-state index in [9.17, 15) is 4.79 Å². The molecule has 0 spiro atoms. The Kier molecular flexibility index (Phi) is 6.12. The molecule has 0 unspecified atom stereocenters. The predicted molar refractivity (Wildman–Crippen MR) is 126 cm³/mol. The minimum Gasteiger partial charge on any atom is -0.352 e. The van der Waals surface area contributed by atoms with Crippen molar-refractivity contribution in [1.82, 2.24) is 20.5 Å². The van der Waals surface area contributed by atoms with Crippen molar-refractivity contribution in [3.05, 3.63) is 71.3 Å². The van der Waals surface area contributed by atoms with Gasteiger partial charge in [-0.3, -0.25) is 9.89 Å². The van der Waals surface area contributed by atoms with Crippen LogP contribution in [0.5, 0.6) is 0 Å². The lowest BCUT2D eigenvalue weighted by Crippen LogP contribution is -2.24. The van der Waals surface area contributed by atoms with Crippen LogP contribution in [0.25, 0.3) is 33.5 Å². The summed E-state index contributed by atoms with van der Waals surface area (Å²) in [4.78, 5) is 17.9. The Bertz CT molecular complexity index is 1190. The zero-order chi connectivity index (χ0) is 21.8. The molecule has 1 amide bonds. The number of unbranched alkanes of at least 4 members (excludes halogenated alkanes) is 1. The summed E-state index contributed by atoms with van der Waals surface area (Å²) in [7, 11) is 0. The van der Waals surface area contributed by atoms with Crippen molar-refractivity contribution in [2.24, 2.45) is 0 Å². The molecule has 0 saturated carbocycles. The molecule has 0 saturated heterocycles. The summed E-state index contributed by atoms with van der Waals surface area (Å²) in [5.74, 6) is -0.0953. The van der Waals surface area contributed by atoms with E-state index >= 15 is 0 Å². The van der Waals surface area contributed by atoms with Crippen LogP contribution in [0.2, 0.25) is 0 Å². The fraction of sp³-hybridized carbons (Fsp3) is 0.269. The maximum absolute atomic E-state index is 13.2. The van der Waals surface area contributed by atoms with Crippen LogP contribution in [0.3, 0.4) is 0 Å². The average molecular weight is 413 g/mol. The molecule has 2 N–H and O–H groups in total. The molecule has 4 rings (SSSR count). The third-order valence-electron chi connectivity index (χ3n) is 5.58. The number of rotatable bonds is 7. The topological polar surface area (TPSA) is 70.7 Å². The van der Waals surface area contributed by atoms with Gasteiger partial charge in [0.1, 0.15) is 0 Å². The number of hydrogen-bond donors (Lipinski definition) is 2. The van der Waals surface area contributed by atoms with E-state index in [-0.39, 0.29) is 5.91 Å². The first-order valence-corrected chi connectivity index (χ1v) is 10.9. The van der Waals surface area contributed by atoms with Crippen molar-refractivity contribution < 1.29 is 4.79 Å². The highest BCUT2D eigenvalue weighted by molar-refractivity contribution is 6.10. The molecule has 4 aromatic rings. The summed E-state index contributed by atoms with van der Waals surface area (Å²) in [5.41, 5.74) is 7.12. The van der Waals surface area contributed by atoms with Crippen LogP contribution < -0.4 is 5.32 Å². The molecule has 5 heteroatoms. The minimum absolute atomic E-state index is 0.0953. The first-order chi connectivity index (χ1) is 15.1. The van der Waals surface area contributed by atoms with Gasteiger partial charge in [0.05, 0.1) is 22.3 Å². The number of carbonyl (C=O) groups excluding carboxylic acids is 1. The van der Waals surface area contributed by atoms with Gasteiger partial charge in [-0.15, -0.1) is 0 Å². The smallest absolute Gasteiger partial charge is 0.252 e. The second-order valence-corrected chi connectivity index (χ2v) is 7.88. The van der Waals surface area contributed by atoms with Crippen LogP contribution in [-0.2, 0) is 6.42 Å². The van der Waals surface area contributed by atoms with Crippen LogP contribution in [0, 0.1) is 6.92 Å². The second-order valence-electron chi connectivity index (χ2n) is 7.88. The van der Waals surface area contributed by atoms with Gasteiger partial charge in [0.2, 0.25) is 0 Å². The molecule has 2 aromatic heterocycles. The number of nitrogens with zero attached hydrogens (tertiary/aromatic N) is 2. The summed E-state index contributed by atoms with van der Waals surface area (Å²) in [5, 5.41) is 11.4. The van der Waals surface area contributed by atoms with Crippen molar-refractivity contribution in [3.8, 4) is 22.5 Å². The Labute approximate surface area is 182 Å². The number of carbonyl (C=O) groups is 1. The molecule has 2 heterocycles. The van der Waals surface area contributed by atoms with E-state index in [0.717, 1.165) is 47.2 Å². The summed E-state index contributed by atoms with van der Waals surface area (Å²) in [6.07, 6.45) is 2.96. The first kappa shape index (κ1) is 20.8. The van der Waals surface area contributed by atoms with E-state index in [1.807, 2.05) is 30.3 Å². The van der Waals surface area contributed by atoms with Gasteiger partial charge in [0.25, 0.3) is 5.91 Å². The fourth-order valence-electron chi connectivity index (χ4n) is 3.66. The number of hydrogen-bond acceptors (Lipinski definition) is 3. The van der Waals surface area contributed by atoms with Crippen LogP contribution >= 0.6 is 0 Å². The first-order valence-electron chi connectivity index (χ1n) is 10.9. The number of fused-ring (bicyclic) bond motifs is 1. The van der Waals surface area contributed by atoms with E-state index in [2.05, 4.69) is 60.6 Å². The number of amides is 1. The van der Waals surface area contributed by atoms with Gasteiger partial charge in [0.15, 0.2) is 5.65 Å². The van der Waals surface area contributed by atoms with Gasteiger partial charge >= 0.3 is 0 Å². The van der Waals surface area contributed by atoms with Crippen LogP contribution in [-0.4, -0.2) is 27.6 Å². The zero-order valence-electron chi connectivity index (χ0n) is 18.3. The summed E-state index contributed by atoms with van der Waals surface area (Å²) in [6, 6.07) is 18.4. The molecule has 0 aliphatic carbocycles. The van der Waals surface area contributed by atoms with E-state index in [0.29, 0.717) is 17.8 Å². The van der Waals surface area contributed by atoms with E-state index in [1.165, 1.54) is 11.1 Å². The Morgan fingerprint density at radius 3 is 2.39 bits per heavy atom. The summed E-state index contributed by atoms with van der Waals surface area (Å²) in [6.45, 7) is 6.95. The van der Waals surface area contributed by atoms with Crippen molar-refractivity contribution in [1.29, 1.82) is 0 Å². The Morgan fingerprint density at radius 2 is 1.71 bits per heavy atom. The molecular formula is C26H28N4O. The van der Waals surface area contributed by atoms with Gasteiger partial charge in [-0.25, -0.2) is 4.98 Å². The molecule has 0 aliphatic rings. The number of aromatic amines is 1. The maximum Gasteiger partial charge on any atom is 0.252 e. The average Bonchev–Trinajstić information content (AvgIpc) is 3.23. The van der Waals surface area contributed by atoms with Gasteiger partial charge in [-0.2, -0.15) is 5.10 Å². The summed E-state index contributed by atoms with van der Waals surface area (Å²) >= 11 is 0. The van der Waals surface area contributed by atoms with Crippen molar-refractivity contribution in [2.75, 3.05) is 6.54 Å². The quantitative estimate of drug-likeness (QED) is 0.383. The highest BCUT2D eigenvalue weighted by atomic mass is 16.1. The maximum atomic E-state index is 13.2. The molecule has 0 fully saturated rings. The van der Waals surface area contributed by atoms with Gasteiger partial charge in [-0.05, 0) is 31.4 Å². The third-order valence-corrected chi connectivity index (χ3v) is 5.58. The van der Waals surface area contributed by atoms with E-state index < -0.39 is 0 Å². The number of benzene rings is 2. The van der Waals surface area contributed by atoms with E-state index in [1.54, 1.807) is 0 Å². The van der Waals surface area contributed by atoms with Gasteiger partial charge in [0, 0.05) is 17.7 Å². The van der Waals surface area contributed by atoms with Crippen LogP contribution in [0.1, 0.15) is 48.2 Å². The largest absolute Gasteiger partial charge is 0.352 e. The van der Waals surface area contributed by atoms with Crippen molar-refractivity contribution >= 4 is 16.9 Å². The van der Waals surface area contributed by atoms with Gasteiger partial charge in [-0.1, -0.05) is 74.4 Å². The number of aryl methyl sites for hydroxylation is 2. The lowest BCUT2D eigenvalue weighted by Gasteiger charge is -2.10. The fourth-order valence-corrected chi connectivity index (χ4v) is 3.66. The van der Waals surface area contributed by atoms with Crippen molar-refractivity contribution in [3.63, 3.8) is 0 Å². The predicted octanol–water partition coefficient (Wildman–Crippen LogP) is 5.69. The third kappa shape index (κ3) is 4.36. The molecule has 2 aromatic carbocycles. The molecule has 158 valence electrons. The lowest BCUT2D eigenvalue weighted by molar-refractivity contribution is 0.0955. The monoisotopic (exact) mass is 412 g/mol. The normalized spacial score (nSPS) is 11.1. The van der Waals surface area contributed by atoms with Crippen LogP contribution in [0.15, 0.2) is 54.6 Å². The standard InChI is InChI=1S/C26H28N4O/c1-4-6-15-27-26(31)21-16-22(19-11-7-17(3)8-12-19)28-25-23(21)24(29-30-25)20-13-9-18(5-2)10-14-20/h7-14,16H,4-6,15H2,1-3H3,(H,27,31)(H,28,29,30). The SMILES string of the molecule is CCCCNC(=O)c1cc(-c2ccc(C)cc2)nc2n[nH]c(-c3ccc(CC)cc3)c12. The lowest BCUT2D eigenvalue weighted by atomic mass is 10.0.